The van der Waals surface area contributed by atoms with Gasteiger partial charge in [-0.15, -0.1) is 6.58 Å². The molecule has 4 aromatic carbocycles. The molecule has 0 amide bonds. The van der Waals surface area contributed by atoms with E-state index in [0.717, 1.165) is 23.2 Å². The van der Waals surface area contributed by atoms with Gasteiger partial charge < -0.3 is 0 Å². The van der Waals surface area contributed by atoms with Crippen LogP contribution in [0.15, 0.2) is 116 Å². The SMILES string of the molecule is C=CCC1(c2ccccc2)c2ccccc2-c2c(-c3ccccc3)nc3ccc(C)cc3c21. The lowest BCUT2D eigenvalue weighted by atomic mass is 9.69. The van der Waals surface area contributed by atoms with Crippen LogP contribution in [0.2, 0.25) is 0 Å². The molecular weight excluding hydrogens is 398 g/mol. The van der Waals surface area contributed by atoms with Gasteiger partial charge in [0.05, 0.1) is 16.6 Å². The van der Waals surface area contributed by atoms with Crippen molar-refractivity contribution in [2.45, 2.75) is 18.8 Å². The summed E-state index contributed by atoms with van der Waals surface area (Å²) in [5.74, 6) is 0. The topological polar surface area (TPSA) is 12.9 Å². The molecule has 1 aromatic heterocycles. The number of nitrogens with zero attached hydrogens (tertiary/aromatic N) is 1. The molecule has 0 bridgehead atoms. The Morgan fingerprint density at radius 1 is 0.818 bits per heavy atom. The number of allylic oxidation sites excluding steroid dienone is 1. The fourth-order valence-corrected chi connectivity index (χ4v) is 5.66. The Bertz CT molecular complexity index is 1500. The molecule has 0 saturated heterocycles. The molecule has 0 spiro atoms. The molecular formula is C32H25N. The number of rotatable bonds is 4. The van der Waals surface area contributed by atoms with Crippen molar-refractivity contribution in [2.24, 2.45) is 0 Å². The third-order valence-electron chi connectivity index (χ3n) is 6.99. The van der Waals surface area contributed by atoms with Gasteiger partial charge in [0.15, 0.2) is 0 Å². The highest BCUT2D eigenvalue weighted by Gasteiger charge is 2.46. The normalized spacial score (nSPS) is 16.4. The van der Waals surface area contributed by atoms with E-state index in [0.29, 0.717) is 0 Å². The van der Waals surface area contributed by atoms with Crippen molar-refractivity contribution in [1.29, 1.82) is 0 Å². The van der Waals surface area contributed by atoms with Crippen molar-refractivity contribution < 1.29 is 0 Å². The minimum atomic E-state index is -0.312. The van der Waals surface area contributed by atoms with Crippen molar-refractivity contribution in [3.63, 3.8) is 0 Å². The van der Waals surface area contributed by atoms with Crippen molar-refractivity contribution in [2.75, 3.05) is 0 Å². The highest BCUT2D eigenvalue weighted by atomic mass is 14.7. The number of benzene rings is 4. The van der Waals surface area contributed by atoms with Crippen LogP contribution in [0.25, 0.3) is 33.3 Å². The van der Waals surface area contributed by atoms with Gasteiger partial charge in [-0.1, -0.05) is 103 Å². The van der Waals surface area contributed by atoms with Gasteiger partial charge in [-0.05, 0) is 47.7 Å². The van der Waals surface area contributed by atoms with E-state index < -0.39 is 0 Å². The van der Waals surface area contributed by atoms with Crippen molar-refractivity contribution in [1.82, 2.24) is 4.98 Å². The summed E-state index contributed by atoms with van der Waals surface area (Å²) in [5, 5.41) is 1.23. The fourth-order valence-electron chi connectivity index (χ4n) is 5.66. The molecule has 158 valence electrons. The molecule has 5 aromatic rings. The molecule has 33 heavy (non-hydrogen) atoms. The standard InChI is InChI=1S/C32H25N/c1-3-20-32(24-14-8-5-9-15-24)27-17-11-10-16-25(27)29-30(32)26-21-22(2)18-19-28(26)33-31(29)23-12-6-4-7-13-23/h3-19,21H,1,20H2,2H3. The third-order valence-corrected chi connectivity index (χ3v) is 6.99. The van der Waals surface area contributed by atoms with Gasteiger partial charge in [-0.3, -0.25) is 0 Å². The van der Waals surface area contributed by atoms with Crippen LogP contribution < -0.4 is 0 Å². The first-order chi connectivity index (χ1) is 16.2. The van der Waals surface area contributed by atoms with Crippen LogP contribution in [0.5, 0.6) is 0 Å². The van der Waals surface area contributed by atoms with E-state index >= 15 is 0 Å². The molecule has 0 aliphatic heterocycles. The zero-order valence-electron chi connectivity index (χ0n) is 18.8. The monoisotopic (exact) mass is 423 g/mol. The Kier molecular flexibility index (Phi) is 4.52. The Hall–Kier alpha value is -3.97. The van der Waals surface area contributed by atoms with Gasteiger partial charge in [0.1, 0.15) is 0 Å². The fraction of sp³-hybridized carbons (Fsp3) is 0.0938. The molecule has 1 atom stereocenters. The summed E-state index contributed by atoms with van der Waals surface area (Å²) in [6.07, 6.45) is 2.89. The van der Waals surface area contributed by atoms with Crippen molar-refractivity contribution in [3.05, 3.63) is 138 Å². The van der Waals surface area contributed by atoms with Crippen LogP contribution in [-0.2, 0) is 5.41 Å². The Labute approximate surface area is 195 Å². The zero-order valence-corrected chi connectivity index (χ0v) is 18.8. The van der Waals surface area contributed by atoms with Crippen LogP contribution in [0, 0.1) is 6.92 Å². The van der Waals surface area contributed by atoms with E-state index in [1.165, 1.54) is 38.8 Å². The minimum absolute atomic E-state index is 0.312. The largest absolute Gasteiger partial charge is 0.247 e. The summed E-state index contributed by atoms with van der Waals surface area (Å²) in [5.41, 5.74) is 10.7. The van der Waals surface area contributed by atoms with Crippen LogP contribution in [0.4, 0.5) is 0 Å². The van der Waals surface area contributed by atoms with E-state index in [1.54, 1.807) is 0 Å². The average Bonchev–Trinajstić information content (AvgIpc) is 3.17. The van der Waals surface area contributed by atoms with Crippen LogP contribution >= 0.6 is 0 Å². The highest BCUT2D eigenvalue weighted by Crippen LogP contribution is 2.58. The second-order valence-electron chi connectivity index (χ2n) is 8.91. The number of aromatic nitrogens is 1. The first kappa shape index (κ1) is 19.7. The van der Waals surface area contributed by atoms with Gasteiger partial charge in [0.2, 0.25) is 0 Å². The predicted octanol–water partition coefficient (Wildman–Crippen LogP) is 8.10. The first-order valence-corrected chi connectivity index (χ1v) is 11.5. The Balaban J connectivity index is 1.87. The smallest absolute Gasteiger partial charge is 0.0791 e. The predicted molar refractivity (Wildman–Crippen MR) is 138 cm³/mol. The second-order valence-corrected chi connectivity index (χ2v) is 8.91. The van der Waals surface area contributed by atoms with Gasteiger partial charge in [-0.2, -0.15) is 0 Å². The molecule has 1 heterocycles. The molecule has 0 fully saturated rings. The van der Waals surface area contributed by atoms with Gasteiger partial charge >= 0.3 is 0 Å². The number of hydrogen-bond donors (Lipinski definition) is 0. The lowest BCUT2D eigenvalue weighted by molar-refractivity contribution is 0.651. The molecule has 1 aliphatic carbocycles. The molecule has 1 nitrogen and oxygen atoms in total. The zero-order chi connectivity index (χ0) is 22.4. The minimum Gasteiger partial charge on any atom is -0.247 e. The molecule has 1 aliphatic rings. The van der Waals surface area contributed by atoms with E-state index in [1.807, 2.05) is 0 Å². The molecule has 0 N–H and O–H groups in total. The third kappa shape index (κ3) is 2.82. The Morgan fingerprint density at radius 3 is 2.27 bits per heavy atom. The Morgan fingerprint density at radius 2 is 1.52 bits per heavy atom. The van der Waals surface area contributed by atoms with Gasteiger partial charge in [0, 0.05) is 16.5 Å². The molecule has 1 unspecified atom stereocenters. The number of pyridine rings is 1. The summed E-state index contributed by atoms with van der Waals surface area (Å²) >= 11 is 0. The van der Waals surface area contributed by atoms with Crippen molar-refractivity contribution in [3.8, 4) is 22.4 Å². The summed E-state index contributed by atoms with van der Waals surface area (Å²) in [7, 11) is 0. The van der Waals surface area contributed by atoms with E-state index in [-0.39, 0.29) is 5.41 Å². The average molecular weight is 424 g/mol. The molecule has 1 heteroatoms. The number of fused-ring (bicyclic) bond motifs is 5. The van der Waals surface area contributed by atoms with Crippen LogP contribution in [0.1, 0.15) is 28.7 Å². The van der Waals surface area contributed by atoms with Crippen molar-refractivity contribution >= 4 is 10.9 Å². The maximum atomic E-state index is 5.25. The quantitative estimate of drug-likeness (QED) is 0.266. The van der Waals surface area contributed by atoms with E-state index in [2.05, 4.69) is 123 Å². The number of aryl methyl sites for hydroxylation is 1. The maximum absolute atomic E-state index is 5.25. The lowest BCUT2D eigenvalue weighted by Gasteiger charge is -2.33. The van der Waals surface area contributed by atoms with Crippen LogP contribution in [-0.4, -0.2) is 4.98 Å². The molecule has 0 radical (unpaired) electrons. The summed E-state index contributed by atoms with van der Waals surface area (Å²) in [6.45, 7) is 6.37. The highest BCUT2D eigenvalue weighted by molar-refractivity contribution is 6.02. The van der Waals surface area contributed by atoms with Crippen LogP contribution in [0.3, 0.4) is 0 Å². The van der Waals surface area contributed by atoms with Gasteiger partial charge in [0.25, 0.3) is 0 Å². The maximum Gasteiger partial charge on any atom is 0.0791 e. The summed E-state index contributed by atoms with van der Waals surface area (Å²) in [4.78, 5) is 5.25. The summed E-state index contributed by atoms with van der Waals surface area (Å²) < 4.78 is 0. The number of hydrogen-bond acceptors (Lipinski definition) is 1. The summed E-state index contributed by atoms with van der Waals surface area (Å²) in [6, 6.07) is 37.0. The molecule has 6 rings (SSSR count). The second kappa shape index (κ2) is 7.56. The molecule has 0 saturated carbocycles. The van der Waals surface area contributed by atoms with Gasteiger partial charge in [-0.25, -0.2) is 4.98 Å². The van der Waals surface area contributed by atoms with E-state index in [4.69, 9.17) is 4.98 Å². The van der Waals surface area contributed by atoms with E-state index in [9.17, 15) is 0 Å². The first-order valence-electron chi connectivity index (χ1n) is 11.5. The lowest BCUT2D eigenvalue weighted by Crippen LogP contribution is -2.26.